The first-order valence-corrected chi connectivity index (χ1v) is 7.15. The maximum absolute atomic E-state index is 12.5. The Balaban J connectivity index is 1.67. The number of ether oxygens (including phenoxy) is 1. The number of morpholine rings is 1. The number of rotatable bonds is 4. The van der Waals surface area contributed by atoms with Gasteiger partial charge in [-0.2, -0.15) is 0 Å². The molecule has 1 fully saturated rings. The Morgan fingerprint density at radius 3 is 3.14 bits per heavy atom. The molecule has 21 heavy (non-hydrogen) atoms. The monoisotopic (exact) mass is 289 g/mol. The molecular formula is C15H19N3O3. The molecular weight excluding hydrogens is 270 g/mol. The molecule has 6 heteroatoms. The Morgan fingerprint density at radius 1 is 1.52 bits per heavy atom. The van der Waals surface area contributed by atoms with Crippen LogP contribution in [0.25, 0.3) is 0 Å². The van der Waals surface area contributed by atoms with E-state index in [9.17, 15) is 4.79 Å². The van der Waals surface area contributed by atoms with Crippen LogP contribution in [-0.2, 0) is 16.0 Å². The number of H-pyrrole nitrogens is 1. The second kappa shape index (κ2) is 6.13. The Bertz CT molecular complexity index is 591. The van der Waals surface area contributed by atoms with Crippen LogP contribution in [0.15, 0.2) is 29.1 Å². The molecule has 112 valence electrons. The van der Waals surface area contributed by atoms with Gasteiger partial charge in [-0.1, -0.05) is 0 Å². The van der Waals surface area contributed by atoms with Crippen molar-refractivity contribution in [2.45, 2.75) is 25.8 Å². The highest BCUT2D eigenvalue weighted by Gasteiger charge is 2.30. The van der Waals surface area contributed by atoms with Crippen LogP contribution in [0.5, 0.6) is 0 Å². The number of hydrogen-bond donors (Lipinski definition) is 1. The number of aromatic amines is 1. The molecule has 1 aliphatic rings. The third-order valence-electron chi connectivity index (χ3n) is 3.70. The fourth-order valence-electron chi connectivity index (χ4n) is 2.58. The number of furan rings is 1. The van der Waals surface area contributed by atoms with E-state index in [1.165, 1.54) is 0 Å². The van der Waals surface area contributed by atoms with E-state index in [0.717, 1.165) is 17.2 Å². The molecule has 2 aromatic rings. The number of carbonyl (C=O) groups excluding carboxylic acids is 1. The molecule has 1 amide bonds. The zero-order chi connectivity index (χ0) is 14.7. The molecule has 1 saturated heterocycles. The van der Waals surface area contributed by atoms with E-state index < -0.39 is 0 Å². The van der Waals surface area contributed by atoms with E-state index in [1.807, 2.05) is 24.0 Å². The molecule has 3 heterocycles. The minimum Gasteiger partial charge on any atom is -0.464 e. The second-order valence-electron chi connectivity index (χ2n) is 5.20. The van der Waals surface area contributed by atoms with E-state index in [2.05, 4.69) is 9.97 Å². The van der Waals surface area contributed by atoms with Gasteiger partial charge in [0.05, 0.1) is 19.5 Å². The number of aryl methyl sites for hydroxylation is 2. The molecule has 6 nitrogen and oxygen atoms in total. The molecule has 1 atom stereocenters. The van der Waals surface area contributed by atoms with Crippen molar-refractivity contribution in [1.82, 2.24) is 14.9 Å². The van der Waals surface area contributed by atoms with Crippen LogP contribution in [-0.4, -0.2) is 40.5 Å². The van der Waals surface area contributed by atoms with Gasteiger partial charge in [-0.3, -0.25) is 4.79 Å². The second-order valence-corrected chi connectivity index (χ2v) is 5.20. The molecule has 0 aliphatic carbocycles. The quantitative estimate of drug-likeness (QED) is 0.932. The number of nitrogens with one attached hydrogen (secondary N) is 1. The number of carbonyl (C=O) groups is 1. The fourth-order valence-corrected chi connectivity index (χ4v) is 2.58. The molecule has 0 saturated carbocycles. The molecule has 1 N–H and O–H groups in total. The summed E-state index contributed by atoms with van der Waals surface area (Å²) in [4.78, 5) is 21.3. The molecule has 1 unspecified atom stereocenters. The molecule has 0 aromatic carbocycles. The van der Waals surface area contributed by atoms with Crippen molar-refractivity contribution in [2.24, 2.45) is 0 Å². The van der Waals surface area contributed by atoms with Crippen molar-refractivity contribution in [3.05, 3.63) is 41.9 Å². The average Bonchev–Trinajstić information content (AvgIpc) is 3.16. The standard InChI is InChI=1S/C15H19N3O3/c1-11-2-4-14(21-11)13-9-20-7-6-18(13)15(19)5-3-12-8-16-10-17-12/h2,4,8,10,13H,3,5-7,9H2,1H3,(H,16,17). The van der Waals surface area contributed by atoms with Crippen LogP contribution in [0.2, 0.25) is 0 Å². The lowest BCUT2D eigenvalue weighted by atomic mass is 10.1. The van der Waals surface area contributed by atoms with Gasteiger partial charge in [-0.15, -0.1) is 0 Å². The summed E-state index contributed by atoms with van der Waals surface area (Å²) in [7, 11) is 0. The van der Waals surface area contributed by atoms with Gasteiger partial charge in [0.2, 0.25) is 5.91 Å². The SMILES string of the molecule is Cc1ccc(C2COCCN2C(=O)CCc2cnc[nH]2)o1. The maximum Gasteiger partial charge on any atom is 0.223 e. The van der Waals surface area contributed by atoms with Gasteiger partial charge in [0.25, 0.3) is 0 Å². The summed E-state index contributed by atoms with van der Waals surface area (Å²) in [6.07, 6.45) is 4.50. The van der Waals surface area contributed by atoms with E-state index in [1.54, 1.807) is 12.5 Å². The first kappa shape index (κ1) is 13.9. The van der Waals surface area contributed by atoms with E-state index in [0.29, 0.717) is 32.6 Å². The lowest BCUT2D eigenvalue weighted by Gasteiger charge is -2.34. The predicted octanol–water partition coefficient (Wildman–Crippen LogP) is 1.84. The summed E-state index contributed by atoms with van der Waals surface area (Å²) in [6.45, 7) is 3.57. The minimum absolute atomic E-state index is 0.118. The summed E-state index contributed by atoms with van der Waals surface area (Å²) in [5, 5.41) is 0. The van der Waals surface area contributed by atoms with Gasteiger partial charge in [0, 0.05) is 24.9 Å². The number of imidazole rings is 1. The van der Waals surface area contributed by atoms with Crippen molar-refractivity contribution >= 4 is 5.91 Å². The lowest BCUT2D eigenvalue weighted by molar-refractivity contribution is -0.141. The highest BCUT2D eigenvalue weighted by atomic mass is 16.5. The summed E-state index contributed by atoms with van der Waals surface area (Å²) in [5.74, 6) is 1.76. The van der Waals surface area contributed by atoms with Crippen LogP contribution >= 0.6 is 0 Å². The molecule has 0 radical (unpaired) electrons. The van der Waals surface area contributed by atoms with Gasteiger partial charge >= 0.3 is 0 Å². The molecule has 0 spiro atoms. The molecule has 3 rings (SSSR count). The number of aromatic nitrogens is 2. The van der Waals surface area contributed by atoms with Gasteiger partial charge in [-0.05, 0) is 25.5 Å². The van der Waals surface area contributed by atoms with Crippen molar-refractivity contribution in [1.29, 1.82) is 0 Å². The number of amides is 1. The van der Waals surface area contributed by atoms with Crippen LogP contribution < -0.4 is 0 Å². The first-order valence-electron chi connectivity index (χ1n) is 7.15. The summed E-state index contributed by atoms with van der Waals surface area (Å²) in [5.41, 5.74) is 0.974. The van der Waals surface area contributed by atoms with Crippen molar-refractivity contribution < 1.29 is 13.9 Å². The topological polar surface area (TPSA) is 71.4 Å². The number of hydrogen-bond acceptors (Lipinski definition) is 4. The summed E-state index contributed by atoms with van der Waals surface area (Å²) >= 11 is 0. The van der Waals surface area contributed by atoms with Gasteiger partial charge in [0.1, 0.15) is 17.6 Å². The highest BCUT2D eigenvalue weighted by Crippen LogP contribution is 2.26. The third-order valence-corrected chi connectivity index (χ3v) is 3.70. The van der Waals surface area contributed by atoms with Crippen molar-refractivity contribution in [2.75, 3.05) is 19.8 Å². The number of nitrogens with zero attached hydrogens (tertiary/aromatic N) is 2. The van der Waals surface area contributed by atoms with Crippen LogP contribution in [0.3, 0.4) is 0 Å². The normalized spacial score (nSPS) is 18.9. The Labute approximate surface area is 123 Å². The minimum atomic E-state index is -0.123. The Kier molecular flexibility index (Phi) is 4.06. The summed E-state index contributed by atoms with van der Waals surface area (Å²) < 4.78 is 11.2. The maximum atomic E-state index is 12.5. The van der Waals surface area contributed by atoms with Gasteiger partial charge in [-0.25, -0.2) is 4.98 Å². The van der Waals surface area contributed by atoms with Crippen LogP contribution in [0.4, 0.5) is 0 Å². The third kappa shape index (κ3) is 3.16. The zero-order valence-corrected chi connectivity index (χ0v) is 12.0. The predicted molar refractivity (Wildman–Crippen MR) is 75.6 cm³/mol. The first-order chi connectivity index (χ1) is 10.2. The van der Waals surface area contributed by atoms with Crippen molar-refractivity contribution in [3.63, 3.8) is 0 Å². The summed E-state index contributed by atoms with van der Waals surface area (Å²) in [6, 6.07) is 3.71. The Hall–Kier alpha value is -2.08. The lowest BCUT2D eigenvalue weighted by Crippen LogP contribution is -2.43. The molecule has 1 aliphatic heterocycles. The smallest absolute Gasteiger partial charge is 0.223 e. The zero-order valence-electron chi connectivity index (χ0n) is 12.0. The van der Waals surface area contributed by atoms with Crippen molar-refractivity contribution in [3.8, 4) is 0 Å². The van der Waals surface area contributed by atoms with Crippen LogP contribution in [0, 0.1) is 6.92 Å². The van der Waals surface area contributed by atoms with Crippen LogP contribution in [0.1, 0.15) is 29.7 Å². The van der Waals surface area contributed by atoms with Gasteiger partial charge in [0.15, 0.2) is 0 Å². The largest absolute Gasteiger partial charge is 0.464 e. The molecule has 0 bridgehead atoms. The average molecular weight is 289 g/mol. The van der Waals surface area contributed by atoms with E-state index in [4.69, 9.17) is 9.15 Å². The Morgan fingerprint density at radius 2 is 2.43 bits per heavy atom. The fraction of sp³-hybridized carbons (Fsp3) is 0.467. The van der Waals surface area contributed by atoms with Gasteiger partial charge < -0.3 is 19.0 Å². The van der Waals surface area contributed by atoms with E-state index in [-0.39, 0.29) is 11.9 Å². The molecule has 2 aromatic heterocycles. The highest BCUT2D eigenvalue weighted by molar-refractivity contribution is 5.77. The van der Waals surface area contributed by atoms with E-state index >= 15 is 0 Å².